The molecule has 0 spiro atoms. The van der Waals surface area contributed by atoms with Crippen molar-refractivity contribution in [2.45, 2.75) is 104 Å². The van der Waals surface area contributed by atoms with E-state index in [4.69, 9.17) is 9.47 Å². The molecular weight excluding hydrogens is 372 g/mol. The molecule has 0 aliphatic heterocycles. The number of ether oxygens (including phenoxy) is 2. The van der Waals surface area contributed by atoms with Crippen LogP contribution in [-0.4, -0.2) is 25.3 Å². The van der Waals surface area contributed by atoms with Gasteiger partial charge >= 0.3 is 5.97 Å². The first-order valence-corrected chi connectivity index (χ1v) is 12.5. The van der Waals surface area contributed by atoms with Crippen LogP contribution in [-0.2, 0) is 14.3 Å². The molecule has 2 fully saturated rings. The Morgan fingerprint density at radius 3 is 2.67 bits per heavy atom. The highest BCUT2D eigenvalue weighted by molar-refractivity contribution is 5.69. The fourth-order valence-corrected chi connectivity index (χ4v) is 7.37. The lowest BCUT2D eigenvalue weighted by Crippen LogP contribution is -2.50. The maximum atomic E-state index is 12.5. The van der Waals surface area contributed by atoms with E-state index in [2.05, 4.69) is 39.0 Å². The van der Waals surface area contributed by atoms with E-state index < -0.39 is 0 Å². The zero-order valence-electron chi connectivity index (χ0n) is 19.6. The summed E-state index contributed by atoms with van der Waals surface area (Å²) in [6, 6.07) is 0. The minimum absolute atomic E-state index is 0.0364. The lowest BCUT2D eigenvalue weighted by Gasteiger charge is -2.56. The van der Waals surface area contributed by atoms with Crippen molar-refractivity contribution < 1.29 is 14.3 Å². The molecule has 0 saturated heterocycles. The highest BCUT2D eigenvalue weighted by Gasteiger charge is 2.59. The number of esters is 1. The van der Waals surface area contributed by atoms with Crippen LogP contribution in [0.1, 0.15) is 91.4 Å². The zero-order valence-corrected chi connectivity index (χ0v) is 19.6. The lowest BCUT2D eigenvalue weighted by molar-refractivity contribution is -0.158. The van der Waals surface area contributed by atoms with Crippen molar-refractivity contribution in [3.63, 3.8) is 0 Å². The van der Waals surface area contributed by atoms with Gasteiger partial charge in [-0.05, 0) is 73.7 Å². The third-order valence-corrected chi connectivity index (χ3v) is 9.35. The van der Waals surface area contributed by atoms with Crippen LogP contribution >= 0.6 is 0 Å². The maximum Gasteiger partial charge on any atom is 0.306 e. The topological polar surface area (TPSA) is 35.5 Å². The van der Waals surface area contributed by atoms with Crippen LogP contribution in [0.2, 0.25) is 0 Å². The molecule has 0 radical (unpaired) electrons. The predicted molar refractivity (Wildman–Crippen MR) is 121 cm³/mol. The quantitative estimate of drug-likeness (QED) is 0.347. The second-order valence-corrected chi connectivity index (χ2v) is 10.9. The van der Waals surface area contributed by atoms with Gasteiger partial charge in [-0.25, -0.2) is 0 Å². The fourth-order valence-electron chi connectivity index (χ4n) is 7.37. The largest absolute Gasteiger partial charge is 0.462 e. The predicted octanol–water partition coefficient (Wildman–Crippen LogP) is 6.62. The Bertz CT molecular complexity index is 694. The van der Waals surface area contributed by atoms with Crippen molar-refractivity contribution in [3.05, 3.63) is 23.8 Å². The summed E-state index contributed by atoms with van der Waals surface area (Å²) in [4.78, 5) is 12.5. The van der Waals surface area contributed by atoms with Gasteiger partial charge in [-0.2, -0.15) is 0 Å². The van der Waals surface area contributed by atoms with Crippen LogP contribution in [0, 0.1) is 28.6 Å². The lowest BCUT2D eigenvalue weighted by atomic mass is 9.49. The summed E-state index contributed by atoms with van der Waals surface area (Å²) in [5.74, 6) is 2.02. The van der Waals surface area contributed by atoms with Crippen molar-refractivity contribution in [2.24, 2.45) is 28.6 Å². The van der Waals surface area contributed by atoms with E-state index in [9.17, 15) is 4.79 Å². The highest BCUT2D eigenvalue weighted by atomic mass is 16.5. The normalized spacial score (nSPS) is 42.1. The summed E-state index contributed by atoms with van der Waals surface area (Å²) >= 11 is 0. The van der Waals surface area contributed by atoms with E-state index in [0.717, 1.165) is 25.7 Å². The van der Waals surface area contributed by atoms with Gasteiger partial charge in [0, 0.05) is 18.9 Å². The van der Waals surface area contributed by atoms with E-state index in [1.165, 1.54) is 44.1 Å². The van der Waals surface area contributed by atoms with Crippen molar-refractivity contribution in [1.82, 2.24) is 0 Å². The molecular formula is C27H42O3. The Morgan fingerprint density at radius 1 is 1.07 bits per heavy atom. The summed E-state index contributed by atoms with van der Waals surface area (Å²) in [6.07, 6.45) is 19.9. The second-order valence-electron chi connectivity index (χ2n) is 10.9. The number of hydrogen-bond donors (Lipinski definition) is 0. The van der Waals surface area contributed by atoms with E-state index in [1.54, 1.807) is 0 Å². The summed E-state index contributed by atoms with van der Waals surface area (Å²) in [5.41, 5.74) is 1.92. The second kappa shape index (κ2) is 8.81. The maximum absolute atomic E-state index is 12.5. The van der Waals surface area contributed by atoms with Crippen LogP contribution in [0.4, 0.5) is 0 Å². The summed E-state index contributed by atoms with van der Waals surface area (Å²) in [7, 11) is 1.83. The number of carbonyl (C=O) groups excluding carboxylic acids is 1. The molecule has 0 N–H and O–H groups in total. The monoisotopic (exact) mass is 414 g/mol. The van der Waals surface area contributed by atoms with Crippen LogP contribution in [0.25, 0.3) is 0 Å². The smallest absolute Gasteiger partial charge is 0.306 e. The van der Waals surface area contributed by atoms with Crippen molar-refractivity contribution in [1.29, 1.82) is 0 Å². The molecule has 2 saturated carbocycles. The summed E-state index contributed by atoms with van der Waals surface area (Å²) in [5, 5.41) is 0. The van der Waals surface area contributed by atoms with Crippen molar-refractivity contribution in [3.8, 4) is 0 Å². The van der Waals surface area contributed by atoms with Gasteiger partial charge in [0.25, 0.3) is 0 Å². The third-order valence-electron chi connectivity index (χ3n) is 9.35. The number of allylic oxidation sites excluding steroid dienone is 3. The molecule has 4 rings (SSSR count). The first kappa shape index (κ1) is 22.1. The van der Waals surface area contributed by atoms with E-state index in [0.29, 0.717) is 24.2 Å². The molecule has 30 heavy (non-hydrogen) atoms. The number of carbonyl (C=O) groups is 1. The number of unbranched alkanes of at least 4 members (excludes halogenated alkanes) is 3. The van der Waals surface area contributed by atoms with Gasteiger partial charge in [-0.1, -0.05) is 58.3 Å². The van der Waals surface area contributed by atoms with E-state index in [-0.39, 0.29) is 29.0 Å². The molecule has 168 valence electrons. The molecule has 7 atom stereocenters. The molecule has 0 bridgehead atoms. The Kier molecular flexibility index (Phi) is 6.49. The van der Waals surface area contributed by atoms with Gasteiger partial charge in [0.2, 0.25) is 0 Å². The number of methoxy groups -OCH3 is 1. The van der Waals surface area contributed by atoms with E-state index in [1.807, 2.05) is 7.11 Å². The highest BCUT2D eigenvalue weighted by Crippen LogP contribution is 2.64. The van der Waals surface area contributed by atoms with Gasteiger partial charge < -0.3 is 9.47 Å². The van der Waals surface area contributed by atoms with Gasteiger partial charge in [-0.3, -0.25) is 4.79 Å². The molecule has 3 nitrogen and oxygen atoms in total. The summed E-state index contributed by atoms with van der Waals surface area (Å²) < 4.78 is 11.8. The van der Waals surface area contributed by atoms with Crippen LogP contribution in [0.3, 0.4) is 0 Å². The average Bonchev–Trinajstić information content (AvgIpc) is 3.07. The molecule has 0 aromatic heterocycles. The van der Waals surface area contributed by atoms with Gasteiger partial charge in [-0.15, -0.1) is 0 Å². The molecule has 4 aliphatic carbocycles. The molecule has 3 heteroatoms. The van der Waals surface area contributed by atoms with Crippen LogP contribution < -0.4 is 0 Å². The number of rotatable bonds is 7. The molecule has 1 unspecified atom stereocenters. The first-order chi connectivity index (χ1) is 14.4. The molecule has 4 aliphatic rings. The Hall–Kier alpha value is -1.09. The summed E-state index contributed by atoms with van der Waals surface area (Å²) in [6.45, 7) is 7.12. The average molecular weight is 415 g/mol. The third kappa shape index (κ3) is 3.80. The van der Waals surface area contributed by atoms with Crippen molar-refractivity contribution >= 4 is 5.97 Å². The van der Waals surface area contributed by atoms with Gasteiger partial charge in [0.05, 0.1) is 6.10 Å². The number of fused-ring (bicyclic) bond motifs is 5. The van der Waals surface area contributed by atoms with Crippen LogP contribution in [0.5, 0.6) is 0 Å². The molecule has 0 heterocycles. The van der Waals surface area contributed by atoms with Crippen molar-refractivity contribution in [2.75, 3.05) is 7.11 Å². The minimum atomic E-state index is 0.0364. The SMILES string of the molecule is CCCCCCC(=O)O[C@H]1CC[C@H]2[C@@H]3C=CC4=CC(OC)CC[C@]4(C)[C@H]3CC[C@]12C. The minimum Gasteiger partial charge on any atom is -0.462 e. The molecule has 0 amide bonds. The zero-order chi connectivity index (χ0) is 21.4. The molecule has 0 aromatic rings. The van der Waals surface area contributed by atoms with Crippen LogP contribution in [0.15, 0.2) is 23.8 Å². The first-order valence-electron chi connectivity index (χ1n) is 12.5. The van der Waals surface area contributed by atoms with Gasteiger partial charge in [0.1, 0.15) is 6.10 Å². The molecule has 0 aromatic carbocycles. The van der Waals surface area contributed by atoms with Gasteiger partial charge in [0.15, 0.2) is 0 Å². The van der Waals surface area contributed by atoms with E-state index >= 15 is 0 Å². The number of hydrogen-bond acceptors (Lipinski definition) is 3. The Balaban J connectivity index is 1.45. The Morgan fingerprint density at radius 2 is 1.90 bits per heavy atom. The fraction of sp³-hybridized carbons (Fsp3) is 0.815. The standard InChI is InChI=1S/C27H42O3/c1-5-6-7-8-9-25(28)30-24-13-12-22-21-11-10-19-18-20(29-4)14-16-26(19,2)23(21)15-17-27(22,24)3/h10-11,18,20-24H,5-9,12-17H2,1-4H3/t20?,21-,22-,23-,24-,26-,27-/m0/s1. The Labute approximate surface area is 183 Å².